The Morgan fingerprint density at radius 3 is 2.48 bits per heavy atom. The van der Waals surface area contributed by atoms with E-state index in [1.165, 1.54) is 6.26 Å². The van der Waals surface area contributed by atoms with Gasteiger partial charge in [-0.15, -0.1) is 12.4 Å². The first-order valence-electron chi connectivity index (χ1n) is 6.78. The Morgan fingerprint density at radius 1 is 1.38 bits per heavy atom. The van der Waals surface area contributed by atoms with Crippen molar-refractivity contribution < 1.29 is 8.42 Å². The molecule has 0 atom stereocenters. The lowest BCUT2D eigenvalue weighted by molar-refractivity contribution is 0.267. The predicted octanol–water partition coefficient (Wildman–Crippen LogP) is 2.45. The van der Waals surface area contributed by atoms with Crippen LogP contribution in [-0.4, -0.2) is 27.3 Å². The van der Waals surface area contributed by atoms with Gasteiger partial charge in [0, 0.05) is 23.0 Å². The van der Waals surface area contributed by atoms with Gasteiger partial charge in [-0.25, -0.2) is 13.1 Å². The molecule has 0 heterocycles. The maximum Gasteiger partial charge on any atom is 0.208 e. The molecule has 1 fully saturated rings. The highest BCUT2D eigenvalue weighted by atomic mass is 35.5. The number of hydrogen-bond donors (Lipinski definition) is 2. The van der Waals surface area contributed by atoms with Gasteiger partial charge in [0.15, 0.2) is 0 Å². The Bertz CT molecular complexity index is 570. The number of halogens is 2. The first-order valence-corrected chi connectivity index (χ1v) is 9.05. The van der Waals surface area contributed by atoms with Gasteiger partial charge in [-0.2, -0.15) is 0 Å². The number of benzene rings is 1. The molecule has 0 aromatic heterocycles. The van der Waals surface area contributed by atoms with E-state index >= 15 is 0 Å². The monoisotopic (exact) mass is 352 g/mol. The second-order valence-electron chi connectivity index (χ2n) is 5.66. The molecule has 0 radical (unpaired) electrons. The summed E-state index contributed by atoms with van der Waals surface area (Å²) in [6, 6.07) is 7.84. The first-order chi connectivity index (χ1) is 9.35. The van der Waals surface area contributed by atoms with Crippen LogP contribution in [-0.2, 0) is 15.4 Å². The topological polar surface area (TPSA) is 72.2 Å². The molecule has 0 amide bonds. The van der Waals surface area contributed by atoms with E-state index in [2.05, 4.69) is 10.8 Å². The Morgan fingerprint density at radius 2 is 2.00 bits per heavy atom. The van der Waals surface area contributed by atoms with Crippen molar-refractivity contribution in [2.45, 2.75) is 37.1 Å². The summed E-state index contributed by atoms with van der Waals surface area (Å²) >= 11 is 6.07. The second-order valence-corrected chi connectivity index (χ2v) is 7.88. The minimum absolute atomic E-state index is 0. The van der Waals surface area contributed by atoms with E-state index in [1.807, 2.05) is 18.2 Å². The Labute approximate surface area is 137 Å². The third-order valence-corrected chi connectivity index (χ3v) is 5.15. The van der Waals surface area contributed by atoms with Crippen molar-refractivity contribution in [2.24, 2.45) is 5.73 Å². The largest absolute Gasteiger partial charge is 0.330 e. The zero-order valence-electron chi connectivity index (χ0n) is 12.0. The summed E-state index contributed by atoms with van der Waals surface area (Å²) in [6.07, 6.45) is 4.55. The molecule has 0 spiro atoms. The van der Waals surface area contributed by atoms with Gasteiger partial charge in [0.25, 0.3) is 0 Å². The molecule has 1 aromatic rings. The van der Waals surface area contributed by atoms with Crippen molar-refractivity contribution in [1.82, 2.24) is 4.72 Å². The van der Waals surface area contributed by atoms with Gasteiger partial charge in [-0.05, 0) is 43.4 Å². The molecule has 7 heteroatoms. The van der Waals surface area contributed by atoms with Crippen LogP contribution >= 0.6 is 24.0 Å². The van der Waals surface area contributed by atoms with Crippen LogP contribution in [0.3, 0.4) is 0 Å². The van der Waals surface area contributed by atoms with Crippen LogP contribution in [0.25, 0.3) is 0 Å². The molecule has 4 nitrogen and oxygen atoms in total. The highest BCUT2D eigenvalue weighted by Crippen LogP contribution is 2.39. The standard InChI is InChI=1S/C14H21ClN2O2S.ClH/c1-20(18,19)17-13-5-7-14(10-16,8-6-13)11-3-2-4-12(15)9-11;/h2-4,9,13,17H,5-8,10,16H2,1H3;1H/t13-,14+;. The summed E-state index contributed by atoms with van der Waals surface area (Å²) < 4.78 is 25.3. The van der Waals surface area contributed by atoms with Crippen molar-refractivity contribution in [3.05, 3.63) is 34.9 Å². The molecule has 3 N–H and O–H groups in total. The summed E-state index contributed by atoms with van der Waals surface area (Å²) in [5.74, 6) is 0. The van der Waals surface area contributed by atoms with E-state index in [0.717, 1.165) is 31.2 Å². The van der Waals surface area contributed by atoms with Gasteiger partial charge in [0.1, 0.15) is 0 Å². The summed E-state index contributed by atoms with van der Waals surface area (Å²) in [6.45, 7) is 0.555. The maximum atomic E-state index is 11.3. The van der Waals surface area contributed by atoms with Crippen LogP contribution in [0.5, 0.6) is 0 Å². The quantitative estimate of drug-likeness (QED) is 0.873. The zero-order chi connectivity index (χ0) is 14.8. The Kier molecular flexibility index (Phi) is 6.50. The molecule has 0 saturated heterocycles. The lowest BCUT2D eigenvalue weighted by Crippen LogP contribution is -2.45. The van der Waals surface area contributed by atoms with Gasteiger partial charge >= 0.3 is 0 Å². The van der Waals surface area contributed by atoms with E-state index in [9.17, 15) is 8.42 Å². The summed E-state index contributed by atoms with van der Waals surface area (Å²) in [4.78, 5) is 0. The second kappa shape index (κ2) is 7.29. The van der Waals surface area contributed by atoms with Gasteiger partial charge < -0.3 is 5.73 Å². The Hall–Kier alpha value is -0.330. The first kappa shape index (κ1) is 18.7. The van der Waals surface area contributed by atoms with Crippen molar-refractivity contribution in [1.29, 1.82) is 0 Å². The van der Waals surface area contributed by atoms with E-state index in [1.54, 1.807) is 0 Å². The predicted molar refractivity (Wildman–Crippen MR) is 89.7 cm³/mol. The maximum absolute atomic E-state index is 11.3. The summed E-state index contributed by atoms with van der Waals surface area (Å²) in [5.41, 5.74) is 7.09. The third-order valence-electron chi connectivity index (χ3n) is 4.15. The molecular weight excluding hydrogens is 331 g/mol. The van der Waals surface area contributed by atoms with Gasteiger partial charge in [-0.1, -0.05) is 23.7 Å². The molecule has 1 saturated carbocycles. The smallest absolute Gasteiger partial charge is 0.208 e. The van der Waals surface area contributed by atoms with Crippen LogP contribution < -0.4 is 10.5 Å². The lowest BCUT2D eigenvalue weighted by atomic mass is 9.68. The lowest BCUT2D eigenvalue weighted by Gasteiger charge is -2.40. The fourth-order valence-electron chi connectivity index (χ4n) is 3.02. The van der Waals surface area contributed by atoms with Gasteiger partial charge in [0.2, 0.25) is 10.0 Å². The average Bonchev–Trinajstić information content (AvgIpc) is 2.38. The van der Waals surface area contributed by atoms with Crippen molar-refractivity contribution >= 4 is 34.0 Å². The highest BCUT2D eigenvalue weighted by Gasteiger charge is 2.36. The van der Waals surface area contributed by atoms with Crippen molar-refractivity contribution in [3.63, 3.8) is 0 Å². The molecule has 0 bridgehead atoms. The third kappa shape index (κ3) is 4.83. The molecular formula is C14H22Cl2N2O2S. The SMILES string of the molecule is CS(=O)(=O)N[C@H]1CC[C@@](CN)(c2cccc(Cl)c2)CC1.Cl. The fraction of sp³-hybridized carbons (Fsp3) is 0.571. The summed E-state index contributed by atoms with van der Waals surface area (Å²) in [5, 5.41) is 0.715. The van der Waals surface area contributed by atoms with Crippen LogP contribution in [0.2, 0.25) is 5.02 Å². The van der Waals surface area contributed by atoms with E-state index in [-0.39, 0.29) is 23.9 Å². The molecule has 0 aliphatic heterocycles. The average molecular weight is 353 g/mol. The fourth-order valence-corrected chi connectivity index (χ4v) is 4.05. The van der Waals surface area contributed by atoms with Crippen molar-refractivity contribution in [2.75, 3.05) is 12.8 Å². The number of nitrogens with two attached hydrogens (primary N) is 1. The van der Waals surface area contributed by atoms with Crippen LogP contribution in [0.1, 0.15) is 31.2 Å². The molecule has 0 unspecified atom stereocenters. The number of rotatable bonds is 4. The number of sulfonamides is 1. The van der Waals surface area contributed by atoms with E-state index in [4.69, 9.17) is 17.3 Å². The van der Waals surface area contributed by atoms with Gasteiger partial charge in [-0.3, -0.25) is 0 Å². The van der Waals surface area contributed by atoms with Crippen LogP contribution in [0.15, 0.2) is 24.3 Å². The minimum atomic E-state index is -3.14. The molecule has 1 aliphatic carbocycles. The van der Waals surface area contributed by atoms with Crippen LogP contribution in [0.4, 0.5) is 0 Å². The molecule has 21 heavy (non-hydrogen) atoms. The van der Waals surface area contributed by atoms with E-state index < -0.39 is 10.0 Å². The van der Waals surface area contributed by atoms with Crippen LogP contribution in [0, 0.1) is 0 Å². The Balaban J connectivity index is 0.00000220. The summed E-state index contributed by atoms with van der Waals surface area (Å²) in [7, 11) is -3.14. The van der Waals surface area contributed by atoms with Gasteiger partial charge in [0.05, 0.1) is 6.26 Å². The number of hydrogen-bond acceptors (Lipinski definition) is 3. The molecule has 120 valence electrons. The van der Waals surface area contributed by atoms with Crippen molar-refractivity contribution in [3.8, 4) is 0 Å². The van der Waals surface area contributed by atoms with E-state index in [0.29, 0.717) is 11.6 Å². The highest BCUT2D eigenvalue weighted by molar-refractivity contribution is 7.88. The molecule has 1 aromatic carbocycles. The number of nitrogens with one attached hydrogen (secondary N) is 1. The zero-order valence-corrected chi connectivity index (χ0v) is 14.4. The normalized spacial score (nSPS) is 26.1. The molecule has 2 rings (SSSR count). The minimum Gasteiger partial charge on any atom is -0.330 e. The molecule has 1 aliphatic rings.